The van der Waals surface area contributed by atoms with E-state index in [-0.39, 0.29) is 19.1 Å². The third-order valence-corrected chi connectivity index (χ3v) is 7.79. The van der Waals surface area contributed by atoms with Gasteiger partial charge in [0.1, 0.15) is 24.2 Å². The molecule has 38 heavy (non-hydrogen) atoms. The molecular formula is C26H33N6O5P. The fourth-order valence-electron chi connectivity index (χ4n) is 4.07. The third-order valence-electron chi connectivity index (χ3n) is 6.04. The lowest BCUT2D eigenvalue weighted by Gasteiger charge is -2.26. The first-order valence-corrected chi connectivity index (χ1v) is 14.2. The Balaban J connectivity index is 1.48. The molecule has 0 saturated carbocycles. The van der Waals surface area contributed by atoms with Crippen LogP contribution in [0.5, 0.6) is 0 Å². The summed E-state index contributed by atoms with van der Waals surface area (Å²) in [5.41, 5.74) is 8.78. The number of nitrogens with two attached hydrogens (primary N) is 1. The summed E-state index contributed by atoms with van der Waals surface area (Å²) in [6, 6.07) is 8.53. The highest BCUT2D eigenvalue weighted by Gasteiger charge is 2.33. The van der Waals surface area contributed by atoms with E-state index in [2.05, 4.69) is 32.2 Å². The normalized spacial score (nSPS) is 16.5. The van der Waals surface area contributed by atoms with Crippen LogP contribution >= 0.6 is 7.52 Å². The Morgan fingerprint density at radius 1 is 1.21 bits per heavy atom. The van der Waals surface area contributed by atoms with E-state index >= 15 is 0 Å². The lowest BCUT2D eigenvalue weighted by atomic mass is 10.0. The number of allylic oxidation sites excluding steroid dienone is 3. The smallest absolute Gasteiger partial charge is 0.323 e. The van der Waals surface area contributed by atoms with Crippen LogP contribution in [0.15, 0.2) is 66.8 Å². The number of nitrogen functional groups attached to an aromatic ring is 1. The Kier molecular flexibility index (Phi) is 9.41. The van der Waals surface area contributed by atoms with Crippen LogP contribution in [-0.4, -0.2) is 51.1 Å². The van der Waals surface area contributed by atoms with Gasteiger partial charge >= 0.3 is 5.97 Å². The number of hydrogen-bond acceptors (Lipinski definition) is 9. The molecule has 1 aliphatic rings. The summed E-state index contributed by atoms with van der Waals surface area (Å²) in [5, 5.41) is 2.95. The van der Waals surface area contributed by atoms with Crippen molar-refractivity contribution in [1.29, 1.82) is 0 Å². The molecule has 0 spiro atoms. The highest BCUT2D eigenvalue weighted by atomic mass is 31.2. The van der Waals surface area contributed by atoms with E-state index in [1.165, 1.54) is 13.4 Å². The number of nitrogens with zero attached hydrogens (tertiary/aromatic N) is 4. The van der Waals surface area contributed by atoms with E-state index < -0.39 is 19.5 Å². The van der Waals surface area contributed by atoms with Gasteiger partial charge < -0.3 is 24.3 Å². The molecule has 1 aromatic carbocycles. The monoisotopic (exact) mass is 540 g/mol. The zero-order valence-electron chi connectivity index (χ0n) is 21.5. The van der Waals surface area contributed by atoms with Crippen molar-refractivity contribution in [2.75, 3.05) is 19.2 Å². The van der Waals surface area contributed by atoms with E-state index in [0.29, 0.717) is 29.9 Å². The number of rotatable bonds is 13. The lowest BCUT2D eigenvalue weighted by Crippen LogP contribution is -2.37. The minimum Gasteiger partial charge on any atom is -0.468 e. The fourth-order valence-corrected chi connectivity index (χ4v) is 5.77. The highest BCUT2D eigenvalue weighted by molar-refractivity contribution is 7.56. The van der Waals surface area contributed by atoms with Gasteiger partial charge in [-0.1, -0.05) is 54.1 Å². The zero-order valence-corrected chi connectivity index (χ0v) is 22.4. The van der Waals surface area contributed by atoms with Gasteiger partial charge in [-0.05, 0) is 31.7 Å². The van der Waals surface area contributed by atoms with Crippen LogP contribution in [0.2, 0.25) is 0 Å². The predicted molar refractivity (Wildman–Crippen MR) is 144 cm³/mol. The van der Waals surface area contributed by atoms with Crippen LogP contribution < -0.4 is 10.8 Å². The number of esters is 1. The van der Waals surface area contributed by atoms with Crippen molar-refractivity contribution in [1.82, 2.24) is 24.6 Å². The average Bonchev–Trinajstić information content (AvgIpc) is 3.35. The van der Waals surface area contributed by atoms with Crippen LogP contribution in [-0.2, 0) is 36.5 Å². The molecule has 1 aliphatic carbocycles. The largest absolute Gasteiger partial charge is 0.468 e. The molecule has 0 amide bonds. The number of methoxy groups -OCH3 is 1. The summed E-state index contributed by atoms with van der Waals surface area (Å²) in [6.45, 7) is 2.30. The number of imidazole rings is 1. The van der Waals surface area contributed by atoms with Crippen molar-refractivity contribution in [2.45, 2.75) is 51.5 Å². The molecule has 0 aliphatic heterocycles. The quantitative estimate of drug-likeness (QED) is 0.241. The van der Waals surface area contributed by atoms with Gasteiger partial charge in [0.05, 0.1) is 32.7 Å². The molecule has 11 nitrogen and oxygen atoms in total. The molecule has 0 bridgehead atoms. The zero-order chi connectivity index (χ0) is 27.0. The molecule has 0 radical (unpaired) electrons. The second kappa shape index (κ2) is 12.9. The minimum atomic E-state index is -3.67. The summed E-state index contributed by atoms with van der Waals surface area (Å²) in [7, 11) is -2.36. The van der Waals surface area contributed by atoms with Crippen LogP contribution in [0.4, 0.5) is 5.82 Å². The first kappa shape index (κ1) is 27.7. The molecule has 0 fully saturated rings. The maximum atomic E-state index is 14.1. The van der Waals surface area contributed by atoms with E-state index in [9.17, 15) is 9.36 Å². The topological polar surface area (TPSA) is 143 Å². The standard InChI is InChI=1S/C26H33N6O5P/c1-19(14-32-17-30-23-24(27)28-16-29-25(23)32)36-18-38(34,37-15-21-11-7-4-8-12-21)31-22(26(33)35-2)13-20-9-5-3-6-10-20/h4-5,7-12,16-17,19,22H,3,6,13-15,18H2,1-2H3,(H,31,34)(H2,27,28,29)/t19-,22+,38?/m1/s1. The molecule has 4 rings (SSSR count). The van der Waals surface area contributed by atoms with Crippen molar-refractivity contribution in [3.8, 4) is 0 Å². The van der Waals surface area contributed by atoms with E-state index in [1.54, 1.807) is 10.9 Å². The Morgan fingerprint density at radius 2 is 2.03 bits per heavy atom. The van der Waals surface area contributed by atoms with Crippen LogP contribution in [0.25, 0.3) is 11.2 Å². The SMILES string of the molecule is COC(=O)[C@H](CC1=CCCC=C1)NP(=O)(CO[C@H](C)Cn1cnc2c(N)ncnc21)OCc1ccccc1. The number of benzene rings is 1. The van der Waals surface area contributed by atoms with Gasteiger partial charge in [0.15, 0.2) is 11.5 Å². The van der Waals surface area contributed by atoms with Crippen molar-refractivity contribution in [3.63, 3.8) is 0 Å². The van der Waals surface area contributed by atoms with Gasteiger partial charge in [-0.3, -0.25) is 9.36 Å². The Labute approximate surface area is 221 Å². The summed E-state index contributed by atoms with van der Waals surface area (Å²) in [5.74, 6) is -0.231. The highest BCUT2D eigenvalue weighted by Crippen LogP contribution is 2.45. The first-order valence-electron chi connectivity index (χ1n) is 12.4. The maximum absolute atomic E-state index is 14.1. The third kappa shape index (κ3) is 7.35. The average molecular weight is 541 g/mol. The van der Waals surface area contributed by atoms with Gasteiger partial charge in [-0.2, -0.15) is 0 Å². The van der Waals surface area contributed by atoms with E-state index in [0.717, 1.165) is 24.0 Å². The van der Waals surface area contributed by atoms with Crippen LogP contribution in [0.1, 0.15) is 31.7 Å². The van der Waals surface area contributed by atoms with Gasteiger partial charge in [0, 0.05) is 0 Å². The number of carbonyl (C=O) groups is 1. The summed E-state index contributed by atoms with van der Waals surface area (Å²) in [6.07, 6.45) is 10.6. The molecule has 2 heterocycles. The summed E-state index contributed by atoms with van der Waals surface area (Å²) in [4.78, 5) is 25.1. The molecule has 202 valence electrons. The Hall–Kier alpha value is -3.37. The number of nitrogens with one attached hydrogen (secondary N) is 1. The predicted octanol–water partition coefficient (Wildman–Crippen LogP) is 3.98. The minimum absolute atomic E-state index is 0.0850. The molecular weight excluding hydrogens is 507 g/mol. The number of ether oxygens (including phenoxy) is 2. The Morgan fingerprint density at radius 3 is 2.76 bits per heavy atom. The van der Waals surface area contributed by atoms with Crippen LogP contribution in [0.3, 0.4) is 0 Å². The van der Waals surface area contributed by atoms with Crippen LogP contribution in [0, 0.1) is 0 Å². The maximum Gasteiger partial charge on any atom is 0.323 e. The molecule has 1 unspecified atom stereocenters. The number of aromatic nitrogens is 4. The van der Waals surface area contributed by atoms with Gasteiger partial charge in [0.2, 0.25) is 0 Å². The van der Waals surface area contributed by atoms with Gasteiger partial charge in [-0.25, -0.2) is 20.0 Å². The summed E-state index contributed by atoms with van der Waals surface area (Å²) >= 11 is 0. The Bertz CT molecular complexity index is 1340. The number of fused-ring (bicyclic) bond motifs is 1. The van der Waals surface area contributed by atoms with E-state index in [1.807, 2.05) is 43.3 Å². The second-order valence-electron chi connectivity index (χ2n) is 9.03. The molecule has 3 aromatic rings. The fraction of sp³-hybridized carbons (Fsp3) is 0.385. The van der Waals surface area contributed by atoms with E-state index in [4.69, 9.17) is 19.7 Å². The second-order valence-corrected chi connectivity index (χ2v) is 11.2. The van der Waals surface area contributed by atoms with Gasteiger partial charge in [0.25, 0.3) is 7.52 Å². The molecule has 12 heteroatoms. The number of anilines is 1. The van der Waals surface area contributed by atoms with Crippen molar-refractivity contribution < 1.29 is 23.4 Å². The van der Waals surface area contributed by atoms with Crippen molar-refractivity contribution >= 4 is 30.5 Å². The van der Waals surface area contributed by atoms with Crippen molar-refractivity contribution in [2.24, 2.45) is 0 Å². The number of hydrogen-bond donors (Lipinski definition) is 2. The van der Waals surface area contributed by atoms with Gasteiger partial charge in [-0.15, -0.1) is 0 Å². The molecule has 3 N–H and O–H groups in total. The summed E-state index contributed by atoms with van der Waals surface area (Å²) < 4.78 is 32.8. The molecule has 0 saturated heterocycles. The molecule has 2 aromatic heterocycles. The number of carbonyl (C=O) groups excluding carboxylic acids is 1. The first-order chi connectivity index (χ1) is 18.4. The van der Waals surface area contributed by atoms with Crippen molar-refractivity contribution in [3.05, 3.63) is 72.4 Å². The lowest BCUT2D eigenvalue weighted by molar-refractivity contribution is -0.142. The molecule has 3 atom stereocenters.